The van der Waals surface area contributed by atoms with Gasteiger partial charge >= 0.3 is 6.09 Å². The number of ether oxygens (including phenoxy) is 1. The number of nitrogens with one attached hydrogen (secondary N) is 3. The zero-order valence-corrected chi connectivity index (χ0v) is 21.1. The maximum atomic E-state index is 14.9. The molecule has 3 N–H and O–H groups in total. The Labute approximate surface area is 204 Å². The lowest BCUT2D eigenvalue weighted by molar-refractivity contribution is 0.0500. The molecule has 0 saturated heterocycles. The SMILES string of the molecule is CC(C)[C@@H](Nc1nc(Nc2ccc3cnn(C)c3c2)c(C#N)cc1F)[C@H](C)NC(=O)OC(C)(C)C. The van der Waals surface area contributed by atoms with Gasteiger partial charge in [0.1, 0.15) is 11.7 Å². The van der Waals surface area contributed by atoms with E-state index in [4.69, 9.17) is 4.74 Å². The van der Waals surface area contributed by atoms with E-state index >= 15 is 0 Å². The molecule has 186 valence electrons. The second kappa shape index (κ2) is 10.2. The molecular formula is C25H32FN7O2. The number of nitrogens with zero attached hydrogens (tertiary/aromatic N) is 4. The van der Waals surface area contributed by atoms with Crippen LogP contribution in [0.3, 0.4) is 0 Å². The lowest BCUT2D eigenvalue weighted by Gasteiger charge is -2.31. The van der Waals surface area contributed by atoms with E-state index in [2.05, 4.69) is 26.0 Å². The monoisotopic (exact) mass is 481 g/mol. The molecule has 0 saturated carbocycles. The van der Waals surface area contributed by atoms with E-state index in [0.717, 1.165) is 17.0 Å². The van der Waals surface area contributed by atoms with Crippen LogP contribution in [0.2, 0.25) is 0 Å². The van der Waals surface area contributed by atoms with Crippen LogP contribution < -0.4 is 16.0 Å². The van der Waals surface area contributed by atoms with Crippen LogP contribution >= 0.6 is 0 Å². The molecule has 2 aromatic heterocycles. The number of fused-ring (bicyclic) bond motifs is 1. The summed E-state index contributed by atoms with van der Waals surface area (Å²) in [6, 6.07) is 7.99. The lowest BCUT2D eigenvalue weighted by atomic mass is 9.97. The van der Waals surface area contributed by atoms with E-state index in [0.29, 0.717) is 5.69 Å². The first-order chi connectivity index (χ1) is 16.4. The first-order valence-corrected chi connectivity index (χ1v) is 11.4. The average Bonchev–Trinajstić information content (AvgIpc) is 3.12. The number of aryl methyl sites for hydroxylation is 1. The third kappa shape index (κ3) is 6.38. The van der Waals surface area contributed by atoms with Crippen LogP contribution in [0.25, 0.3) is 10.9 Å². The number of rotatable bonds is 7. The number of carbonyl (C=O) groups excluding carboxylic acids is 1. The molecule has 10 heteroatoms. The highest BCUT2D eigenvalue weighted by molar-refractivity contribution is 5.83. The number of pyridine rings is 1. The lowest BCUT2D eigenvalue weighted by Crippen LogP contribution is -2.49. The van der Waals surface area contributed by atoms with Gasteiger partial charge in [0.25, 0.3) is 0 Å². The number of benzene rings is 1. The number of hydrogen-bond donors (Lipinski definition) is 3. The molecule has 0 radical (unpaired) electrons. The summed E-state index contributed by atoms with van der Waals surface area (Å²) in [5.41, 5.74) is 1.02. The molecule has 0 aliphatic heterocycles. The van der Waals surface area contributed by atoms with Gasteiger partial charge in [0.05, 0.1) is 17.3 Å². The van der Waals surface area contributed by atoms with Crippen molar-refractivity contribution in [3.63, 3.8) is 0 Å². The van der Waals surface area contributed by atoms with E-state index in [-0.39, 0.29) is 29.2 Å². The fourth-order valence-electron chi connectivity index (χ4n) is 3.74. The fraction of sp³-hybridized carbons (Fsp3) is 0.440. The summed E-state index contributed by atoms with van der Waals surface area (Å²) in [5.74, 6) is -0.456. The van der Waals surface area contributed by atoms with Crippen LogP contribution in [-0.2, 0) is 11.8 Å². The van der Waals surface area contributed by atoms with Crippen LogP contribution in [0.4, 0.5) is 26.5 Å². The number of anilines is 3. The Morgan fingerprint density at radius 3 is 2.54 bits per heavy atom. The maximum Gasteiger partial charge on any atom is 0.407 e. The van der Waals surface area contributed by atoms with Crippen molar-refractivity contribution < 1.29 is 13.9 Å². The Balaban J connectivity index is 1.86. The van der Waals surface area contributed by atoms with E-state index in [1.807, 2.05) is 52.1 Å². The van der Waals surface area contributed by atoms with Crippen molar-refractivity contribution in [2.24, 2.45) is 13.0 Å². The van der Waals surface area contributed by atoms with Crippen LogP contribution in [0.1, 0.15) is 47.1 Å². The smallest absolute Gasteiger partial charge is 0.407 e. The van der Waals surface area contributed by atoms with Crippen molar-refractivity contribution in [2.75, 3.05) is 10.6 Å². The highest BCUT2D eigenvalue weighted by Crippen LogP contribution is 2.27. The molecule has 9 nitrogen and oxygen atoms in total. The van der Waals surface area contributed by atoms with Gasteiger partial charge in [-0.15, -0.1) is 0 Å². The second-order valence-corrected chi connectivity index (χ2v) is 9.84. The summed E-state index contributed by atoms with van der Waals surface area (Å²) in [7, 11) is 1.84. The third-order valence-corrected chi connectivity index (χ3v) is 5.41. The van der Waals surface area contributed by atoms with Crippen molar-refractivity contribution >= 4 is 34.3 Å². The highest BCUT2D eigenvalue weighted by atomic mass is 19.1. The summed E-state index contributed by atoms with van der Waals surface area (Å²) in [6.45, 7) is 11.1. The predicted octanol–water partition coefficient (Wildman–Crippen LogP) is 5.07. The van der Waals surface area contributed by atoms with Crippen molar-refractivity contribution in [3.8, 4) is 6.07 Å². The van der Waals surface area contributed by atoms with Gasteiger partial charge in [-0.05, 0) is 57.9 Å². The number of amides is 1. The largest absolute Gasteiger partial charge is 0.444 e. The number of carbonyl (C=O) groups is 1. The van der Waals surface area contributed by atoms with E-state index in [9.17, 15) is 14.4 Å². The maximum absolute atomic E-state index is 14.9. The Hall–Kier alpha value is -3.87. The molecule has 0 aliphatic carbocycles. The molecule has 0 bridgehead atoms. The number of hydrogen-bond acceptors (Lipinski definition) is 7. The summed E-state index contributed by atoms with van der Waals surface area (Å²) in [6.07, 6.45) is 1.20. The van der Waals surface area contributed by atoms with Gasteiger partial charge in [-0.1, -0.05) is 13.8 Å². The van der Waals surface area contributed by atoms with Crippen LogP contribution in [0, 0.1) is 23.1 Å². The first kappa shape index (κ1) is 25.7. The van der Waals surface area contributed by atoms with E-state index in [1.165, 1.54) is 0 Å². The third-order valence-electron chi connectivity index (χ3n) is 5.41. The van der Waals surface area contributed by atoms with Gasteiger partial charge in [-0.3, -0.25) is 4.68 Å². The van der Waals surface area contributed by atoms with Gasteiger partial charge in [0, 0.05) is 30.2 Å². The predicted molar refractivity (Wildman–Crippen MR) is 134 cm³/mol. The molecule has 35 heavy (non-hydrogen) atoms. The van der Waals surface area contributed by atoms with Crippen molar-refractivity contribution in [1.29, 1.82) is 5.26 Å². The molecule has 2 heterocycles. The Morgan fingerprint density at radius 1 is 1.20 bits per heavy atom. The molecule has 0 fully saturated rings. The molecular weight excluding hydrogens is 449 g/mol. The molecule has 0 unspecified atom stereocenters. The van der Waals surface area contributed by atoms with Gasteiger partial charge in [-0.2, -0.15) is 10.4 Å². The Kier molecular flexibility index (Phi) is 7.48. The minimum absolute atomic E-state index is 0.0143. The van der Waals surface area contributed by atoms with Crippen LogP contribution in [0.5, 0.6) is 0 Å². The van der Waals surface area contributed by atoms with Crippen molar-refractivity contribution in [3.05, 3.63) is 41.8 Å². The fourth-order valence-corrected chi connectivity index (χ4v) is 3.74. The standard InChI is InChI=1S/C25H32FN7O2/c1-14(2)21(15(3)29-24(34)35-25(4,5)6)31-23-19(26)10-17(12-27)22(32-23)30-18-9-8-16-13-28-33(7)20(16)11-18/h8-11,13-15,21H,1-7H3,(H,29,34)(H2,30,31,32)/t15-,21+/m0/s1. The van der Waals surface area contributed by atoms with E-state index in [1.54, 1.807) is 31.6 Å². The Bertz CT molecular complexity index is 1260. The summed E-state index contributed by atoms with van der Waals surface area (Å²) in [5, 5.41) is 23.8. The number of alkyl carbamates (subject to hydrolysis) is 1. The molecule has 2 atom stereocenters. The molecule has 1 aromatic carbocycles. The van der Waals surface area contributed by atoms with Crippen LogP contribution in [-0.4, -0.2) is 38.5 Å². The number of aromatic nitrogens is 3. The quantitative estimate of drug-likeness (QED) is 0.431. The van der Waals surface area contributed by atoms with Crippen molar-refractivity contribution in [1.82, 2.24) is 20.1 Å². The average molecular weight is 482 g/mol. The topological polar surface area (TPSA) is 117 Å². The zero-order valence-electron chi connectivity index (χ0n) is 21.1. The number of nitriles is 1. The second-order valence-electron chi connectivity index (χ2n) is 9.84. The first-order valence-electron chi connectivity index (χ1n) is 11.4. The van der Waals surface area contributed by atoms with Crippen molar-refractivity contribution in [2.45, 2.75) is 59.2 Å². The van der Waals surface area contributed by atoms with Gasteiger partial charge in [-0.25, -0.2) is 14.2 Å². The summed E-state index contributed by atoms with van der Waals surface area (Å²) in [4.78, 5) is 16.6. The molecule has 3 aromatic rings. The zero-order chi connectivity index (χ0) is 25.9. The summed E-state index contributed by atoms with van der Waals surface area (Å²) >= 11 is 0. The minimum Gasteiger partial charge on any atom is -0.444 e. The van der Waals surface area contributed by atoms with Crippen LogP contribution in [0.15, 0.2) is 30.5 Å². The van der Waals surface area contributed by atoms with Gasteiger partial charge < -0.3 is 20.7 Å². The molecule has 3 rings (SSSR count). The molecule has 1 amide bonds. The van der Waals surface area contributed by atoms with Gasteiger partial charge in [0.2, 0.25) is 0 Å². The normalized spacial score (nSPS) is 13.3. The molecule has 0 spiro atoms. The minimum atomic E-state index is -0.663. The number of halogens is 1. The summed E-state index contributed by atoms with van der Waals surface area (Å²) < 4.78 is 22.0. The van der Waals surface area contributed by atoms with Gasteiger partial charge in [0.15, 0.2) is 17.5 Å². The van der Waals surface area contributed by atoms with E-state index < -0.39 is 23.6 Å². The Morgan fingerprint density at radius 2 is 1.91 bits per heavy atom. The highest BCUT2D eigenvalue weighted by Gasteiger charge is 2.26. The molecule has 0 aliphatic rings.